The third-order valence-electron chi connectivity index (χ3n) is 8.87. The van der Waals surface area contributed by atoms with Crippen LogP contribution in [0.3, 0.4) is 0 Å². The summed E-state index contributed by atoms with van der Waals surface area (Å²) >= 11 is 0. The average molecular weight is 569 g/mol. The zero-order valence-electron chi connectivity index (χ0n) is 28.4. The molecule has 2 aliphatic rings. The molecule has 0 radical (unpaired) electrons. The molecule has 40 heavy (non-hydrogen) atoms. The topological polar surface area (TPSA) is 43.4 Å². The number of nitrogens with zero attached hydrogens (tertiary/aromatic N) is 2. The van der Waals surface area contributed by atoms with Crippen molar-refractivity contribution in [2.45, 2.75) is 206 Å². The molecule has 238 valence electrons. The average Bonchev–Trinajstić information content (AvgIpc) is 2.83. The van der Waals surface area contributed by atoms with Crippen molar-refractivity contribution in [1.29, 1.82) is 0 Å². The standard InChI is InChI=1S/C34H68N2O4/c1-11-13-15-17-19-21-23-37-35-31(3,4)25-29(26-32(35,5)6)39-40-30-27-33(7,8)36(34(9,10)28-30)38-24-22-20-18-16-14-12-2/h29-30H,11-28H2,1-10H3. The highest BCUT2D eigenvalue weighted by molar-refractivity contribution is 4.98. The normalized spacial score (nSPS) is 23.6. The van der Waals surface area contributed by atoms with E-state index in [2.05, 4.69) is 79.4 Å². The van der Waals surface area contributed by atoms with Gasteiger partial charge < -0.3 is 0 Å². The van der Waals surface area contributed by atoms with E-state index in [1.54, 1.807) is 0 Å². The summed E-state index contributed by atoms with van der Waals surface area (Å²) in [5.74, 6) is 0. The number of hydrogen-bond donors (Lipinski definition) is 0. The van der Waals surface area contributed by atoms with Crippen LogP contribution in [0.1, 0.15) is 172 Å². The summed E-state index contributed by atoms with van der Waals surface area (Å²) in [5.41, 5.74) is -0.483. The molecule has 0 unspecified atom stereocenters. The van der Waals surface area contributed by atoms with Crippen molar-refractivity contribution >= 4 is 0 Å². The quantitative estimate of drug-likeness (QED) is 0.0878. The molecule has 0 aromatic carbocycles. The third kappa shape index (κ3) is 11.4. The molecule has 2 heterocycles. The fourth-order valence-electron chi connectivity index (χ4n) is 7.41. The van der Waals surface area contributed by atoms with Crippen LogP contribution in [-0.4, -0.2) is 57.7 Å². The van der Waals surface area contributed by atoms with Crippen LogP contribution in [-0.2, 0) is 19.5 Å². The highest BCUT2D eigenvalue weighted by Gasteiger charge is 2.50. The van der Waals surface area contributed by atoms with E-state index in [-0.39, 0.29) is 34.4 Å². The first kappa shape index (κ1) is 36.0. The van der Waals surface area contributed by atoms with Gasteiger partial charge in [0.15, 0.2) is 0 Å². The van der Waals surface area contributed by atoms with Crippen LogP contribution in [0.2, 0.25) is 0 Å². The Kier molecular flexibility index (Phi) is 14.9. The highest BCUT2D eigenvalue weighted by Crippen LogP contribution is 2.42. The Balaban J connectivity index is 1.82. The van der Waals surface area contributed by atoms with Gasteiger partial charge >= 0.3 is 0 Å². The maximum atomic E-state index is 6.41. The lowest BCUT2D eigenvalue weighted by Crippen LogP contribution is -2.63. The number of hydrogen-bond acceptors (Lipinski definition) is 6. The van der Waals surface area contributed by atoms with Gasteiger partial charge in [0, 0.05) is 22.2 Å². The van der Waals surface area contributed by atoms with E-state index < -0.39 is 0 Å². The molecular weight excluding hydrogens is 500 g/mol. The minimum atomic E-state index is -0.121. The van der Waals surface area contributed by atoms with Gasteiger partial charge in [0.1, 0.15) is 0 Å². The Bertz CT molecular complexity index is 599. The molecule has 2 saturated heterocycles. The molecule has 0 aromatic heterocycles. The monoisotopic (exact) mass is 569 g/mol. The Labute approximate surface area is 249 Å². The summed E-state index contributed by atoms with van der Waals surface area (Å²) in [4.78, 5) is 25.3. The third-order valence-corrected chi connectivity index (χ3v) is 8.87. The van der Waals surface area contributed by atoms with E-state index in [9.17, 15) is 0 Å². The molecule has 2 aliphatic heterocycles. The SMILES string of the molecule is CCCCCCCCON1C(C)(C)CC(OOC2CC(C)(C)N(OCCCCCCCC)C(C)(C)C2)CC1(C)C. The van der Waals surface area contributed by atoms with E-state index in [1.165, 1.54) is 64.2 Å². The second-order valence-electron chi connectivity index (χ2n) is 15.3. The van der Waals surface area contributed by atoms with Gasteiger partial charge in [-0.3, -0.25) is 9.68 Å². The van der Waals surface area contributed by atoms with Gasteiger partial charge in [-0.25, -0.2) is 9.78 Å². The molecule has 0 aromatic rings. The van der Waals surface area contributed by atoms with Crippen molar-refractivity contribution in [3.05, 3.63) is 0 Å². The van der Waals surface area contributed by atoms with Crippen LogP contribution < -0.4 is 0 Å². The molecule has 0 saturated carbocycles. The van der Waals surface area contributed by atoms with Crippen LogP contribution in [0.5, 0.6) is 0 Å². The van der Waals surface area contributed by atoms with Crippen molar-refractivity contribution in [2.75, 3.05) is 13.2 Å². The summed E-state index contributed by atoms with van der Waals surface area (Å²) in [6.45, 7) is 24.3. The van der Waals surface area contributed by atoms with Crippen molar-refractivity contribution in [1.82, 2.24) is 10.1 Å². The number of hydroxylamine groups is 4. The Morgan fingerprint density at radius 3 is 1.02 bits per heavy atom. The van der Waals surface area contributed by atoms with Crippen LogP contribution in [0.4, 0.5) is 0 Å². The molecule has 6 heteroatoms. The molecule has 0 bridgehead atoms. The van der Waals surface area contributed by atoms with Gasteiger partial charge in [0.05, 0.1) is 25.4 Å². The lowest BCUT2D eigenvalue weighted by atomic mass is 9.80. The van der Waals surface area contributed by atoms with Gasteiger partial charge in [0.2, 0.25) is 0 Å². The van der Waals surface area contributed by atoms with Crippen LogP contribution in [0.25, 0.3) is 0 Å². The van der Waals surface area contributed by atoms with E-state index in [0.29, 0.717) is 0 Å². The maximum absolute atomic E-state index is 6.41. The predicted octanol–water partition coefficient (Wildman–Crippen LogP) is 9.56. The lowest BCUT2D eigenvalue weighted by Gasteiger charge is -2.54. The van der Waals surface area contributed by atoms with Gasteiger partial charge in [-0.2, -0.15) is 10.1 Å². The summed E-state index contributed by atoms with van der Waals surface area (Å²) in [6.07, 6.45) is 19.0. The molecule has 2 fully saturated rings. The van der Waals surface area contributed by atoms with E-state index >= 15 is 0 Å². The first-order valence-corrected chi connectivity index (χ1v) is 16.9. The van der Waals surface area contributed by atoms with Crippen LogP contribution >= 0.6 is 0 Å². The number of unbranched alkanes of at least 4 members (excludes halogenated alkanes) is 10. The summed E-state index contributed by atoms with van der Waals surface area (Å²) < 4.78 is 0. The smallest absolute Gasteiger partial charge is 0.0966 e. The molecule has 0 atom stereocenters. The van der Waals surface area contributed by atoms with Gasteiger partial charge in [-0.15, -0.1) is 0 Å². The Morgan fingerprint density at radius 2 is 0.725 bits per heavy atom. The fraction of sp³-hybridized carbons (Fsp3) is 1.00. The van der Waals surface area contributed by atoms with Gasteiger partial charge in [-0.1, -0.05) is 78.1 Å². The molecule has 2 rings (SSSR count). The Hall–Kier alpha value is -0.240. The fourth-order valence-corrected chi connectivity index (χ4v) is 7.41. The second-order valence-corrected chi connectivity index (χ2v) is 15.3. The first-order chi connectivity index (χ1) is 18.7. The first-order valence-electron chi connectivity index (χ1n) is 16.9. The predicted molar refractivity (Wildman–Crippen MR) is 167 cm³/mol. The second kappa shape index (κ2) is 16.6. The van der Waals surface area contributed by atoms with Crippen molar-refractivity contribution in [3.8, 4) is 0 Å². The zero-order chi connectivity index (χ0) is 29.9. The van der Waals surface area contributed by atoms with Gasteiger partial charge in [0.25, 0.3) is 0 Å². The molecule has 0 N–H and O–H groups in total. The number of rotatable bonds is 19. The molecule has 0 spiro atoms. The molecule has 6 nitrogen and oxygen atoms in total. The largest absolute Gasteiger partial charge is 0.298 e. The molecular formula is C34H68N2O4. The minimum absolute atomic E-state index is 0.0482. The van der Waals surface area contributed by atoms with Gasteiger partial charge in [-0.05, 0) is 93.9 Å². The highest BCUT2D eigenvalue weighted by atomic mass is 17.2. The molecule has 0 aliphatic carbocycles. The summed E-state index contributed by atoms with van der Waals surface area (Å²) in [7, 11) is 0. The van der Waals surface area contributed by atoms with Crippen molar-refractivity contribution < 1.29 is 19.5 Å². The van der Waals surface area contributed by atoms with Crippen LogP contribution in [0.15, 0.2) is 0 Å². The zero-order valence-corrected chi connectivity index (χ0v) is 28.4. The van der Waals surface area contributed by atoms with Crippen molar-refractivity contribution in [2.24, 2.45) is 0 Å². The van der Waals surface area contributed by atoms with E-state index in [0.717, 1.165) is 51.7 Å². The minimum Gasteiger partial charge on any atom is -0.298 e. The molecule has 0 amide bonds. The summed E-state index contributed by atoms with van der Waals surface area (Å²) in [5, 5.41) is 4.50. The van der Waals surface area contributed by atoms with E-state index in [1.807, 2.05) is 0 Å². The van der Waals surface area contributed by atoms with Crippen LogP contribution in [0, 0.1) is 0 Å². The lowest BCUT2D eigenvalue weighted by molar-refractivity contribution is -0.400. The van der Waals surface area contributed by atoms with E-state index in [4.69, 9.17) is 19.5 Å². The number of piperidine rings is 2. The Morgan fingerprint density at radius 1 is 0.450 bits per heavy atom. The summed E-state index contributed by atoms with van der Waals surface area (Å²) in [6, 6.07) is 0. The van der Waals surface area contributed by atoms with Crippen molar-refractivity contribution in [3.63, 3.8) is 0 Å². The maximum Gasteiger partial charge on any atom is 0.0966 e.